The molecule has 0 spiro atoms. The van der Waals surface area contributed by atoms with E-state index < -0.39 is 0 Å². The zero-order valence-corrected chi connectivity index (χ0v) is 10.1. The van der Waals surface area contributed by atoms with E-state index in [-0.39, 0.29) is 0 Å². The third kappa shape index (κ3) is 2.19. The maximum Gasteiger partial charge on any atom is 0.199 e. The van der Waals surface area contributed by atoms with Crippen LogP contribution in [-0.4, -0.2) is 0 Å². The summed E-state index contributed by atoms with van der Waals surface area (Å²) in [5, 5.41) is 11.9. The average Bonchev–Trinajstić information content (AvgIpc) is 2.62. The Bertz CT molecular complexity index is 539. The molecule has 0 saturated carbocycles. The van der Waals surface area contributed by atoms with Crippen molar-refractivity contribution in [2.24, 2.45) is 0 Å². The molecule has 16 heavy (non-hydrogen) atoms. The Morgan fingerprint density at radius 3 is 2.50 bits per heavy atom. The van der Waals surface area contributed by atoms with Gasteiger partial charge in [0.2, 0.25) is 0 Å². The molecule has 0 bridgehead atoms. The Morgan fingerprint density at radius 1 is 1.31 bits per heavy atom. The molecule has 1 heterocycles. The molecule has 0 amide bonds. The first-order chi connectivity index (χ1) is 7.70. The lowest BCUT2D eigenvalue weighted by molar-refractivity contribution is 0.496. The Labute approximate surface area is 103 Å². The van der Waals surface area contributed by atoms with Gasteiger partial charge in [-0.25, -0.2) is 0 Å². The molecule has 80 valence electrons. The van der Waals surface area contributed by atoms with E-state index in [0.29, 0.717) is 21.4 Å². The highest BCUT2D eigenvalue weighted by Gasteiger charge is 2.08. The van der Waals surface area contributed by atoms with Crippen LogP contribution in [0.1, 0.15) is 11.1 Å². The fraction of sp³-hybridized carbons (Fsp3) is 0.0833. The van der Waals surface area contributed by atoms with E-state index in [0.717, 1.165) is 5.56 Å². The summed E-state index contributed by atoms with van der Waals surface area (Å²) in [6, 6.07) is 8.99. The summed E-state index contributed by atoms with van der Waals surface area (Å²) >= 11 is 7.51. The number of halogens is 1. The Kier molecular flexibility index (Phi) is 3.14. The number of nitriles is 1. The van der Waals surface area contributed by atoms with Crippen LogP contribution in [0.4, 0.5) is 0 Å². The molecule has 0 saturated heterocycles. The summed E-state index contributed by atoms with van der Waals surface area (Å²) < 4.78 is 5.61. The van der Waals surface area contributed by atoms with Gasteiger partial charge in [-0.05, 0) is 42.1 Å². The van der Waals surface area contributed by atoms with Crippen LogP contribution in [-0.2, 0) is 0 Å². The SMILES string of the molecule is Cc1csc(Oc2ccc(C#N)cc2)c1Cl. The van der Waals surface area contributed by atoms with Crippen molar-refractivity contribution in [1.82, 2.24) is 0 Å². The van der Waals surface area contributed by atoms with E-state index in [2.05, 4.69) is 6.07 Å². The molecular formula is C12H8ClNOS. The number of nitrogens with zero attached hydrogens (tertiary/aromatic N) is 1. The number of aryl methyl sites for hydroxylation is 1. The molecular weight excluding hydrogens is 242 g/mol. The van der Waals surface area contributed by atoms with Crippen LogP contribution < -0.4 is 4.74 Å². The van der Waals surface area contributed by atoms with Crippen molar-refractivity contribution in [2.75, 3.05) is 0 Å². The summed E-state index contributed by atoms with van der Waals surface area (Å²) in [5.41, 5.74) is 1.62. The second-order valence-electron chi connectivity index (χ2n) is 3.26. The van der Waals surface area contributed by atoms with Gasteiger partial charge in [0.1, 0.15) is 5.75 Å². The molecule has 0 radical (unpaired) electrons. The first kappa shape index (κ1) is 11.0. The monoisotopic (exact) mass is 249 g/mol. The van der Waals surface area contributed by atoms with Gasteiger partial charge in [0.25, 0.3) is 0 Å². The van der Waals surface area contributed by atoms with Crippen LogP contribution in [0.25, 0.3) is 0 Å². The molecule has 0 aliphatic carbocycles. The van der Waals surface area contributed by atoms with Gasteiger partial charge in [-0.3, -0.25) is 0 Å². The van der Waals surface area contributed by atoms with E-state index in [4.69, 9.17) is 21.6 Å². The molecule has 0 unspecified atom stereocenters. The van der Waals surface area contributed by atoms with Crippen molar-refractivity contribution in [2.45, 2.75) is 6.92 Å². The fourth-order valence-electron chi connectivity index (χ4n) is 1.18. The number of benzene rings is 1. The van der Waals surface area contributed by atoms with Crippen LogP contribution in [0.5, 0.6) is 10.8 Å². The molecule has 2 rings (SSSR count). The second kappa shape index (κ2) is 4.56. The molecule has 0 aliphatic rings. The number of hydrogen-bond acceptors (Lipinski definition) is 3. The summed E-state index contributed by atoms with van der Waals surface area (Å²) in [4.78, 5) is 0. The third-order valence-corrected chi connectivity index (χ3v) is 3.62. The lowest BCUT2D eigenvalue weighted by Gasteiger charge is -2.03. The van der Waals surface area contributed by atoms with Gasteiger partial charge in [-0.2, -0.15) is 5.26 Å². The van der Waals surface area contributed by atoms with Gasteiger partial charge in [-0.15, -0.1) is 11.3 Å². The first-order valence-electron chi connectivity index (χ1n) is 4.62. The Balaban J connectivity index is 2.21. The maximum absolute atomic E-state index is 8.66. The second-order valence-corrected chi connectivity index (χ2v) is 4.48. The maximum atomic E-state index is 8.66. The molecule has 1 aromatic carbocycles. The Hall–Kier alpha value is -1.50. The van der Waals surface area contributed by atoms with E-state index in [1.165, 1.54) is 11.3 Å². The van der Waals surface area contributed by atoms with Crippen molar-refractivity contribution in [1.29, 1.82) is 5.26 Å². The molecule has 0 aliphatic heterocycles. The lowest BCUT2D eigenvalue weighted by Crippen LogP contribution is -1.82. The smallest absolute Gasteiger partial charge is 0.199 e. The van der Waals surface area contributed by atoms with E-state index >= 15 is 0 Å². The van der Waals surface area contributed by atoms with Gasteiger partial charge >= 0.3 is 0 Å². The minimum absolute atomic E-state index is 0.612. The molecule has 0 N–H and O–H groups in total. The normalized spacial score (nSPS) is 9.81. The van der Waals surface area contributed by atoms with Gasteiger partial charge in [0, 0.05) is 0 Å². The number of rotatable bonds is 2. The number of hydrogen-bond donors (Lipinski definition) is 0. The van der Waals surface area contributed by atoms with Crippen molar-refractivity contribution < 1.29 is 4.74 Å². The van der Waals surface area contributed by atoms with Crippen molar-refractivity contribution in [3.8, 4) is 16.9 Å². The summed E-state index contributed by atoms with van der Waals surface area (Å²) in [6.45, 7) is 1.93. The standard InChI is InChI=1S/C12H8ClNOS/c1-8-7-16-12(11(8)13)15-10-4-2-9(6-14)3-5-10/h2-5,7H,1H3. The van der Waals surface area contributed by atoms with Crippen LogP contribution >= 0.6 is 22.9 Å². The number of thiophene rings is 1. The predicted octanol–water partition coefficient (Wildman–Crippen LogP) is 4.37. The van der Waals surface area contributed by atoms with E-state index in [9.17, 15) is 0 Å². The van der Waals surface area contributed by atoms with E-state index in [1.807, 2.05) is 12.3 Å². The molecule has 0 fully saturated rings. The first-order valence-corrected chi connectivity index (χ1v) is 5.88. The predicted molar refractivity (Wildman–Crippen MR) is 65.3 cm³/mol. The minimum Gasteiger partial charge on any atom is -0.445 e. The van der Waals surface area contributed by atoms with E-state index in [1.54, 1.807) is 24.3 Å². The summed E-state index contributed by atoms with van der Waals surface area (Å²) in [6.07, 6.45) is 0. The average molecular weight is 250 g/mol. The zero-order valence-electron chi connectivity index (χ0n) is 8.53. The van der Waals surface area contributed by atoms with Crippen molar-refractivity contribution in [3.05, 3.63) is 45.8 Å². The van der Waals surface area contributed by atoms with Crippen molar-refractivity contribution in [3.63, 3.8) is 0 Å². The fourth-order valence-corrected chi connectivity index (χ4v) is 2.28. The highest BCUT2D eigenvalue weighted by Crippen LogP contribution is 2.37. The molecule has 2 aromatic rings. The van der Waals surface area contributed by atoms with Crippen LogP contribution in [0.3, 0.4) is 0 Å². The number of ether oxygens (including phenoxy) is 1. The van der Waals surface area contributed by atoms with Gasteiger partial charge < -0.3 is 4.74 Å². The Morgan fingerprint density at radius 2 is 2.00 bits per heavy atom. The van der Waals surface area contributed by atoms with Gasteiger partial charge in [0.15, 0.2) is 5.06 Å². The quantitative estimate of drug-likeness (QED) is 0.792. The van der Waals surface area contributed by atoms with Gasteiger partial charge in [-0.1, -0.05) is 11.6 Å². The molecule has 2 nitrogen and oxygen atoms in total. The largest absolute Gasteiger partial charge is 0.445 e. The van der Waals surface area contributed by atoms with Crippen LogP contribution in [0.2, 0.25) is 5.02 Å². The minimum atomic E-state index is 0.612. The summed E-state index contributed by atoms with van der Waals surface area (Å²) in [5.74, 6) is 0.683. The molecule has 0 atom stereocenters. The third-order valence-electron chi connectivity index (χ3n) is 2.06. The highest BCUT2D eigenvalue weighted by molar-refractivity contribution is 7.12. The molecule has 1 aromatic heterocycles. The van der Waals surface area contributed by atoms with Gasteiger partial charge in [0.05, 0.1) is 16.7 Å². The zero-order chi connectivity index (χ0) is 11.5. The van der Waals surface area contributed by atoms with Crippen molar-refractivity contribution >= 4 is 22.9 Å². The topological polar surface area (TPSA) is 33.0 Å². The summed E-state index contributed by atoms with van der Waals surface area (Å²) in [7, 11) is 0. The lowest BCUT2D eigenvalue weighted by atomic mass is 10.2. The van der Waals surface area contributed by atoms with Crippen LogP contribution in [0.15, 0.2) is 29.6 Å². The van der Waals surface area contributed by atoms with Crippen LogP contribution in [0, 0.1) is 18.3 Å². The molecule has 4 heteroatoms. The highest BCUT2D eigenvalue weighted by atomic mass is 35.5.